The number of fused-ring (bicyclic) bond motifs is 1. The van der Waals surface area contributed by atoms with E-state index in [9.17, 15) is 9.18 Å². The first-order valence-corrected chi connectivity index (χ1v) is 9.99. The Bertz CT molecular complexity index is 1200. The fourth-order valence-corrected chi connectivity index (χ4v) is 3.69. The monoisotopic (exact) mass is 442 g/mol. The molecule has 0 saturated heterocycles. The minimum atomic E-state index is -0.652. The van der Waals surface area contributed by atoms with Crippen LogP contribution < -0.4 is 5.32 Å². The Morgan fingerprint density at radius 1 is 1.23 bits per heavy atom. The lowest BCUT2D eigenvalue weighted by molar-refractivity contribution is -0.125. The fourth-order valence-electron chi connectivity index (χ4n) is 3.38. The smallest absolute Gasteiger partial charge is 0.246 e. The van der Waals surface area contributed by atoms with Crippen molar-refractivity contribution < 1.29 is 9.18 Å². The number of amides is 1. The van der Waals surface area contributed by atoms with E-state index in [0.717, 1.165) is 17.6 Å². The van der Waals surface area contributed by atoms with Crippen molar-refractivity contribution in [3.8, 4) is 0 Å². The standard InChI is InChI=1S/C22H17Cl2FN4O/c1-2-19(30)29-9-3-4-14(11-29)13-5-7-17-15(10-13)22(27-12-26-17)28-18-8-6-16(23)20(24)21(18)25/h2,4-8,10,12H,1,3,9,11H2,(H,26,27,28). The number of nitrogens with zero attached hydrogens (tertiary/aromatic N) is 3. The van der Waals surface area contributed by atoms with Crippen LogP contribution in [0.1, 0.15) is 12.0 Å². The number of rotatable bonds is 4. The highest BCUT2D eigenvalue weighted by Crippen LogP contribution is 2.33. The Morgan fingerprint density at radius 2 is 2.07 bits per heavy atom. The van der Waals surface area contributed by atoms with Gasteiger partial charge in [0.25, 0.3) is 0 Å². The lowest BCUT2D eigenvalue weighted by Gasteiger charge is -2.26. The molecule has 0 spiro atoms. The summed E-state index contributed by atoms with van der Waals surface area (Å²) in [7, 11) is 0. The normalized spacial score (nSPS) is 13.8. The van der Waals surface area contributed by atoms with Gasteiger partial charge in [-0.3, -0.25) is 4.79 Å². The van der Waals surface area contributed by atoms with Crippen molar-refractivity contribution in [2.45, 2.75) is 6.42 Å². The van der Waals surface area contributed by atoms with Crippen LogP contribution in [0.4, 0.5) is 15.9 Å². The zero-order valence-electron chi connectivity index (χ0n) is 15.8. The van der Waals surface area contributed by atoms with Crippen LogP contribution in [0.3, 0.4) is 0 Å². The first-order chi connectivity index (χ1) is 14.5. The van der Waals surface area contributed by atoms with Gasteiger partial charge < -0.3 is 10.2 Å². The molecule has 1 amide bonds. The Hall–Kier alpha value is -2.96. The molecule has 0 radical (unpaired) electrons. The van der Waals surface area contributed by atoms with E-state index in [1.54, 1.807) is 4.90 Å². The maximum atomic E-state index is 14.5. The number of halogens is 3. The van der Waals surface area contributed by atoms with Crippen LogP contribution in [0.2, 0.25) is 10.0 Å². The van der Waals surface area contributed by atoms with Gasteiger partial charge in [-0.1, -0.05) is 41.9 Å². The van der Waals surface area contributed by atoms with Crippen LogP contribution in [0.25, 0.3) is 16.5 Å². The zero-order valence-corrected chi connectivity index (χ0v) is 17.3. The Balaban J connectivity index is 1.71. The van der Waals surface area contributed by atoms with Crippen LogP contribution in [-0.4, -0.2) is 33.9 Å². The summed E-state index contributed by atoms with van der Waals surface area (Å²) in [5.74, 6) is -0.308. The molecule has 1 aliphatic heterocycles. The number of carbonyl (C=O) groups excluding carboxylic acids is 1. The molecule has 30 heavy (non-hydrogen) atoms. The summed E-state index contributed by atoms with van der Waals surface area (Å²) in [5, 5.41) is 3.68. The van der Waals surface area contributed by atoms with Crippen LogP contribution in [0.15, 0.2) is 55.4 Å². The predicted octanol–water partition coefficient (Wildman–Crippen LogP) is 5.62. The summed E-state index contributed by atoms with van der Waals surface area (Å²) in [6.45, 7) is 4.72. The Morgan fingerprint density at radius 3 is 2.87 bits per heavy atom. The van der Waals surface area contributed by atoms with Gasteiger partial charge in [-0.05, 0) is 47.9 Å². The molecule has 0 unspecified atom stereocenters. The SMILES string of the molecule is C=CC(=O)N1CCC=C(c2ccc3ncnc(Nc4ccc(Cl)c(Cl)c4F)c3c2)C1. The molecule has 1 aliphatic rings. The summed E-state index contributed by atoms with van der Waals surface area (Å²) in [6, 6.07) is 8.77. The van der Waals surface area contributed by atoms with Gasteiger partial charge in [-0.25, -0.2) is 14.4 Å². The van der Waals surface area contributed by atoms with Crippen molar-refractivity contribution in [3.63, 3.8) is 0 Å². The largest absolute Gasteiger partial charge is 0.337 e. The Kier molecular flexibility index (Phi) is 5.70. The lowest BCUT2D eigenvalue weighted by Crippen LogP contribution is -2.34. The van der Waals surface area contributed by atoms with Crippen molar-refractivity contribution >= 4 is 57.1 Å². The van der Waals surface area contributed by atoms with Gasteiger partial charge in [0.2, 0.25) is 5.91 Å². The van der Waals surface area contributed by atoms with Crippen molar-refractivity contribution in [1.82, 2.24) is 14.9 Å². The molecular weight excluding hydrogens is 426 g/mol. The summed E-state index contributed by atoms with van der Waals surface area (Å²) >= 11 is 11.8. The minimum Gasteiger partial charge on any atom is -0.337 e. The molecule has 152 valence electrons. The lowest BCUT2D eigenvalue weighted by atomic mass is 9.99. The summed E-state index contributed by atoms with van der Waals surface area (Å²) in [6.07, 6.45) is 5.61. The van der Waals surface area contributed by atoms with Gasteiger partial charge in [0.15, 0.2) is 5.82 Å². The van der Waals surface area contributed by atoms with Crippen LogP contribution >= 0.6 is 23.2 Å². The maximum Gasteiger partial charge on any atom is 0.246 e. The number of aromatic nitrogens is 2. The summed E-state index contributed by atoms with van der Waals surface area (Å²) < 4.78 is 14.5. The third-order valence-electron chi connectivity index (χ3n) is 4.93. The number of hydrogen-bond donors (Lipinski definition) is 1. The molecule has 0 atom stereocenters. The second-order valence-electron chi connectivity index (χ2n) is 6.78. The molecule has 0 aliphatic carbocycles. The Labute approximate surface area is 182 Å². The van der Waals surface area contributed by atoms with Crippen molar-refractivity contribution in [2.24, 2.45) is 0 Å². The molecule has 0 fully saturated rings. The molecule has 1 N–H and O–H groups in total. The summed E-state index contributed by atoms with van der Waals surface area (Å²) in [5.41, 5.74) is 2.83. The van der Waals surface area contributed by atoms with Crippen LogP contribution in [0.5, 0.6) is 0 Å². The minimum absolute atomic E-state index is 0.0952. The van der Waals surface area contributed by atoms with E-state index in [0.29, 0.717) is 29.8 Å². The number of carbonyl (C=O) groups is 1. The predicted molar refractivity (Wildman–Crippen MR) is 119 cm³/mol. The third kappa shape index (κ3) is 3.88. The zero-order chi connectivity index (χ0) is 21.3. The fraction of sp³-hybridized carbons (Fsp3) is 0.136. The molecule has 8 heteroatoms. The van der Waals surface area contributed by atoms with E-state index in [1.165, 1.54) is 24.5 Å². The first kappa shape index (κ1) is 20.3. The van der Waals surface area contributed by atoms with Crippen LogP contribution in [0, 0.1) is 5.82 Å². The van der Waals surface area contributed by atoms with E-state index in [1.807, 2.05) is 18.2 Å². The van der Waals surface area contributed by atoms with E-state index < -0.39 is 5.82 Å². The molecule has 5 nitrogen and oxygen atoms in total. The van der Waals surface area contributed by atoms with E-state index in [4.69, 9.17) is 23.2 Å². The average Bonchev–Trinajstić information content (AvgIpc) is 2.79. The second kappa shape index (κ2) is 8.42. The highest BCUT2D eigenvalue weighted by Gasteiger charge is 2.18. The van der Waals surface area contributed by atoms with E-state index in [2.05, 4.69) is 27.9 Å². The van der Waals surface area contributed by atoms with Crippen molar-refractivity contribution in [2.75, 3.05) is 18.4 Å². The number of nitrogens with one attached hydrogen (secondary N) is 1. The van der Waals surface area contributed by atoms with E-state index >= 15 is 0 Å². The average molecular weight is 443 g/mol. The molecule has 2 heterocycles. The number of hydrogen-bond acceptors (Lipinski definition) is 4. The molecule has 4 rings (SSSR count). The molecular formula is C22H17Cl2FN4O. The molecule has 2 aromatic carbocycles. The third-order valence-corrected chi connectivity index (χ3v) is 5.71. The van der Waals surface area contributed by atoms with Gasteiger partial charge in [0.1, 0.15) is 12.1 Å². The molecule has 0 bridgehead atoms. The second-order valence-corrected chi connectivity index (χ2v) is 7.57. The highest BCUT2D eigenvalue weighted by molar-refractivity contribution is 6.42. The highest BCUT2D eigenvalue weighted by atomic mass is 35.5. The maximum absolute atomic E-state index is 14.5. The van der Waals surface area contributed by atoms with Gasteiger partial charge in [0.05, 0.1) is 21.2 Å². The molecule has 1 aromatic heterocycles. The quantitative estimate of drug-likeness (QED) is 0.420. The van der Waals surface area contributed by atoms with Gasteiger partial charge >= 0.3 is 0 Å². The van der Waals surface area contributed by atoms with Gasteiger partial charge in [-0.2, -0.15) is 0 Å². The topological polar surface area (TPSA) is 58.1 Å². The number of benzene rings is 2. The van der Waals surface area contributed by atoms with Crippen molar-refractivity contribution in [1.29, 1.82) is 0 Å². The van der Waals surface area contributed by atoms with E-state index in [-0.39, 0.29) is 21.6 Å². The van der Waals surface area contributed by atoms with Gasteiger partial charge in [0, 0.05) is 18.5 Å². The first-order valence-electron chi connectivity index (χ1n) is 9.24. The number of anilines is 2. The molecule has 3 aromatic rings. The van der Waals surface area contributed by atoms with Gasteiger partial charge in [-0.15, -0.1) is 0 Å². The van der Waals surface area contributed by atoms with Crippen LogP contribution in [-0.2, 0) is 4.79 Å². The summed E-state index contributed by atoms with van der Waals surface area (Å²) in [4.78, 5) is 22.3. The molecule has 0 saturated carbocycles. The van der Waals surface area contributed by atoms with Crippen molar-refractivity contribution in [3.05, 3.63) is 76.8 Å².